The number of pyridine rings is 1. The van der Waals surface area contributed by atoms with E-state index in [0.29, 0.717) is 4.47 Å². The molecule has 0 spiro atoms. The summed E-state index contributed by atoms with van der Waals surface area (Å²) in [4.78, 5) is 3.86. The molecule has 1 aliphatic heterocycles. The maximum Gasteiger partial charge on any atom is 0.259 e. The van der Waals surface area contributed by atoms with E-state index in [1.165, 1.54) is 6.07 Å². The standard InChI is InChI=1S/C11H14BrClN2O3/c12-6-4-9(13)15-11(10(6)17)18-5-8(16)7-2-1-3-14-7/h4,7-8,14,16-17H,1-3,5H2/t7-,8?/m1/s1. The van der Waals surface area contributed by atoms with Crippen molar-refractivity contribution in [2.24, 2.45) is 0 Å². The molecule has 1 unspecified atom stereocenters. The zero-order valence-corrected chi connectivity index (χ0v) is 11.9. The van der Waals surface area contributed by atoms with Crippen LogP contribution in [0.25, 0.3) is 0 Å². The smallest absolute Gasteiger partial charge is 0.259 e. The van der Waals surface area contributed by atoms with Crippen LogP contribution >= 0.6 is 27.5 Å². The van der Waals surface area contributed by atoms with Crippen LogP contribution in [0, 0.1) is 0 Å². The number of aromatic hydroxyl groups is 1. The van der Waals surface area contributed by atoms with E-state index in [9.17, 15) is 10.2 Å². The molecule has 1 aromatic rings. The van der Waals surface area contributed by atoms with Crippen LogP contribution < -0.4 is 10.1 Å². The van der Waals surface area contributed by atoms with Crippen molar-refractivity contribution < 1.29 is 14.9 Å². The molecule has 1 fully saturated rings. The first-order valence-corrected chi connectivity index (χ1v) is 6.84. The van der Waals surface area contributed by atoms with Gasteiger partial charge in [-0.05, 0) is 41.4 Å². The Morgan fingerprint density at radius 3 is 3.11 bits per heavy atom. The lowest BCUT2D eigenvalue weighted by molar-refractivity contribution is 0.0757. The van der Waals surface area contributed by atoms with Crippen molar-refractivity contribution in [1.82, 2.24) is 10.3 Å². The molecule has 0 aromatic carbocycles. The van der Waals surface area contributed by atoms with Gasteiger partial charge in [0, 0.05) is 6.04 Å². The lowest BCUT2D eigenvalue weighted by atomic mass is 10.1. The van der Waals surface area contributed by atoms with Crippen LogP contribution in [0.4, 0.5) is 0 Å². The van der Waals surface area contributed by atoms with E-state index in [1.807, 2.05) is 0 Å². The normalized spacial score (nSPS) is 20.9. The summed E-state index contributed by atoms with van der Waals surface area (Å²) < 4.78 is 5.72. The summed E-state index contributed by atoms with van der Waals surface area (Å²) in [6.45, 7) is 0.971. The number of aliphatic hydroxyl groups excluding tert-OH is 1. The molecule has 0 amide bonds. The number of hydrogen-bond acceptors (Lipinski definition) is 5. The molecule has 7 heteroatoms. The van der Waals surface area contributed by atoms with E-state index in [2.05, 4.69) is 26.2 Å². The third-order valence-electron chi connectivity index (χ3n) is 2.84. The molecule has 5 nitrogen and oxygen atoms in total. The van der Waals surface area contributed by atoms with Gasteiger partial charge < -0.3 is 20.3 Å². The fourth-order valence-corrected chi connectivity index (χ4v) is 2.58. The molecule has 3 N–H and O–H groups in total. The third-order valence-corrected chi connectivity index (χ3v) is 3.63. The molecule has 0 radical (unpaired) electrons. The van der Waals surface area contributed by atoms with Gasteiger partial charge >= 0.3 is 0 Å². The fourth-order valence-electron chi connectivity index (χ4n) is 1.88. The second kappa shape index (κ2) is 6.06. The van der Waals surface area contributed by atoms with Gasteiger partial charge in [-0.3, -0.25) is 0 Å². The van der Waals surface area contributed by atoms with Crippen molar-refractivity contribution in [3.63, 3.8) is 0 Å². The molecule has 18 heavy (non-hydrogen) atoms. The van der Waals surface area contributed by atoms with E-state index in [0.717, 1.165) is 19.4 Å². The van der Waals surface area contributed by atoms with Crippen LogP contribution in [0.3, 0.4) is 0 Å². The number of aromatic nitrogens is 1. The van der Waals surface area contributed by atoms with Crippen LogP contribution in [0.2, 0.25) is 5.15 Å². The van der Waals surface area contributed by atoms with Crippen LogP contribution in [-0.4, -0.2) is 40.5 Å². The molecule has 1 saturated heterocycles. The zero-order valence-electron chi connectivity index (χ0n) is 9.57. The van der Waals surface area contributed by atoms with Crippen LogP contribution in [0.5, 0.6) is 11.6 Å². The average Bonchev–Trinajstić information content (AvgIpc) is 2.85. The van der Waals surface area contributed by atoms with Gasteiger partial charge in [0.1, 0.15) is 17.9 Å². The Balaban J connectivity index is 1.97. The fraction of sp³-hybridized carbons (Fsp3) is 0.545. The molecule has 0 bridgehead atoms. The summed E-state index contributed by atoms with van der Waals surface area (Å²) in [5.41, 5.74) is 0. The van der Waals surface area contributed by atoms with Gasteiger partial charge in [0.05, 0.1) is 4.47 Å². The monoisotopic (exact) mass is 336 g/mol. The molecular formula is C11H14BrClN2O3. The van der Waals surface area contributed by atoms with Gasteiger partial charge in [0.2, 0.25) is 0 Å². The molecule has 1 aliphatic rings. The Bertz CT molecular complexity index is 427. The Hall–Kier alpha value is -0.560. The molecule has 2 rings (SSSR count). The van der Waals surface area contributed by atoms with Crippen molar-refractivity contribution >= 4 is 27.5 Å². The predicted molar refractivity (Wildman–Crippen MR) is 71.1 cm³/mol. The van der Waals surface area contributed by atoms with Crippen LogP contribution in [-0.2, 0) is 0 Å². The van der Waals surface area contributed by atoms with Crippen molar-refractivity contribution in [1.29, 1.82) is 0 Å². The molecule has 2 heterocycles. The summed E-state index contributed by atoms with van der Waals surface area (Å²) in [6.07, 6.45) is 1.34. The molecule has 1 aromatic heterocycles. The number of rotatable bonds is 4. The number of nitrogens with one attached hydrogen (secondary N) is 1. The Morgan fingerprint density at radius 2 is 2.44 bits per heavy atom. The summed E-state index contributed by atoms with van der Waals surface area (Å²) in [7, 11) is 0. The summed E-state index contributed by atoms with van der Waals surface area (Å²) in [6, 6.07) is 1.51. The highest BCUT2D eigenvalue weighted by Gasteiger charge is 2.23. The molecule has 0 aliphatic carbocycles. The van der Waals surface area contributed by atoms with Crippen LogP contribution in [0.1, 0.15) is 12.8 Å². The third kappa shape index (κ3) is 3.26. The first-order chi connectivity index (χ1) is 8.58. The number of ether oxygens (including phenoxy) is 1. The predicted octanol–water partition coefficient (Wildman–Crippen LogP) is 1.69. The Kier molecular flexibility index (Phi) is 4.66. The molecule has 0 saturated carbocycles. The average molecular weight is 338 g/mol. The Morgan fingerprint density at radius 1 is 1.67 bits per heavy atom. The molecule has 2 atom stereocenters. The van der Waals surface area contributed by atoms with E-state index in [4.69, 9.17) is 16.3 Å². The van der Waals surface area contributed by atoms with Gasteiger partial charge in [-0.1, -0.05) is 11.6 Å². The molecule has 100 valence electrons. The quantitative estimate of drug-likeness (QED) is 0.729. The minimum Gasteiger partial charge on any atom is -0.502 e. The van der Waals surface area contributed by atoms with Gasteiger partial charge in [-0.25, -0.2) is 0 Å². The van der Waals surface area contributed by atoms with Crippen molar-refractivity contribution in [3.05, 3.63) is 15.7 Å². The summed E-state index contributed by atoms with van der Waals surface area (Å²) in [5.74, 6) is -0.0996. The van der Waals surface area contributed by atoms with Gasteiger partial charge in [-0.2, -0.15) is 4.98 Å². The van der Waals surface area contributed by atoms with Crippen molar-refractivity contribution in [3.8, 4) is 11.6 Å². The second-order valence-corrected chi connectivity index (χ2v) is 5.40. The maximum atomic E-state index is 9.90. The zero-order chi connectivity index (χ0) is 13.1. The van der Waals surface area contributed by atoms with E-state index < -0.39 is 6.10 Å². The highest BCUT2D eigenvalue weighted by molar-refractivity contribution is 9.10. The first-order valence-electron chi connectivity index (χ1n) is 5.67. The molecular weight excluding hydrogens is 323 g/mol. The summed E-state index contributed by atoms with van der Waals surface area (Å²) in [5, 5.41) is 23.0. The number of aliphatic hydroxyl groups is 1. The van der Waals surface area contributed by atoms with Gasteiger partial charge in [0.15, 0.2) is 5.75 Å². The number of nitrogens with zero attached hydrogens (tertiary/aromatic N) is 1. The van der Waals surface area contributed by atoms with Crippen molar-refractivity contribution in [2.75, 3.05) is 13.2 Å². The summed E-state index contributed by atoms with van der Waals surface area (Å²) >= 11 is 8.90. The Labute approximate surface area is 118 Å². The highest BCUT2D eigenvalue weighted by Crippen LogP contribution is 2.34. The van der Waals surface area contributed by atoms with Gasteiger partial charge in [-0.15, -0.1) is 0 Å². The lowest BCUT2D eigenvalue weighted by Gasteiger charge is -2.18. The largest absolute Gasteiger partial charge is 0.502 e. The van der Waals surface area contributed by atoms with Gasteiger partial charge in [0.25, 0.3) is 5.88 Å². The minimum atomic E-state index is -0.633. The highest BCUT2D eigenvalue weighted by atomic mass is 79.9. The SMILES string of the molecule is Oc1c(Br)cc(Cl)nc1OCC(O)[C@H]1CCCN1. The minimum absolute atomic E-state index is 0.0198. The maximum absolute atomic E-state index is 9.90. The second-order valence-electron chi connectivity index (χ2n) is 4.16. The first kappa shape index (κ1) is 13.9. The van der Waals surface area contributed by atoms with E-state index in [-0.39, 0.29) is 29.4 Å². The van der Waals surface area contributed by atoms with Crippen molar-refractivity contribution in [2.45, 2.75) is 25.0 Å². The van der Waals surface area contributed by atoms with E-state index in [1.54, 1.807) is 0 Å². The number of hydrogen-bond donors (Lipinski definition) is 3. The topological polar surface area (TPSA) is 74.6 Å². The number of halogens is 2. The lowest BCUT2D eigenvalue weighted by Crippen LogP contribution is -2.38. The van der Waals surface area contributed by atoms with Crippen LogP contribution in [0.15, 0.2) is 10.5 Å². The van der Waals surface area contributed by atoms with E-state index >= 15 is 0 Å².